The van der Waals surface area contributed by atoms with E-state index in [1.165, 1.54) is 0 Å². The van der Waals surface area contributed by atoms with E-state index in [0.717, 1.165) is 34.3 Å². The Hall–Kier alpha value is -3.86. The molecule has 0 saturated carbocycles. The molecule has 29 heavy (non-hydrogen) atoms. The Morgan fingerprint density at radius 2 is 1.24 bits per heavy atom. The fourth-order valence-corrected chi connectivity index (χ4v) is 2.85. The molecule has 0 aliphatic rings. The molecule has 0 fully saturated rings. The van der Waals surface area contributed by atoms with Gasteiger partial charge in [-0.1, -0.05) is 24.3 Å². The molecule has 4 aromatic rings. The first-order chi connectivity index (χ1) is 14.4. The van der Waals surface area contributed by atoms with Crippen molar-refractivity contribution >= 4 is 11.4 Å². The van der Waals surface area contributed by atoms with Gasteiger partial charge < -0.3 is 15.4 Å². The molecule has 0 amide bonds. The zero-order chi connectivity index (χ0) is 19.7. The van der Waals surface area contributed by atoms with Crippen LogP contribution in [-0.4, -0.2) is 9.97 Å². The first-order valence-corrected chi connectivity index (χ1v) is 9.51. The van der Waals surface area contributed by atoms with Crippen molar-refractivity contribution in [2.24, 2.45) is 0 Å². The van der Waals surface area contributed by atoms with Crippen molar-refractivity contribution in [3.8, 4) is 11.5 Å². The van der Waals surface area contributed by atoms with Crippen LogP contribution in [0.3, 0.4) is 0 Å². The third-order valence-corrected chi connectivity index (χ3v) is 4.36. The Morgan fingerprint density at radius 1 is 0.621 bits per heavy atom. The van der Waals surface area contributed by atoms with Gasteiger partial charge in [0.15, 0.2) is 5.75 Å². The molecule has 0 aliphatic carbocycles. The van der Waals surface area contributed by atoms with Gasteiger partial charge in [0.2, 0.25) is 0 Å². The number of ether oxygens (including phenoxy) is 1. The summed E-state index contributed by atoms with van der Waals surface area (Å²) in [7, 11) is 0. The molecule has 144 valence electrons. The van der Waals surface area contributed by atoms with Crippen molar-refractivity contribution in [1.82, 2.24) is 9.97 Å². The van der Waals surface area contributed by atoms with E-state index in [2.05, 4.69) is 20.6 Å². The number of benzene rings is 2. The van der Waals surface area contributed by atoms with Crippen LogP contribution in [0.15, 0.2) is 97.3 Å². The first kappa shape index (κ1) is 18.5. The van der Waals surface area contributed by atoms with Gasteiger partial charge in [-0.3, -0.25) is 9.97 Å². The van der Waals surface area contributed by atoms with Crippen molar-refractivity contribution < 1.29 is 4.74 Å². The number of para-hydroxylation sites is 2. The summed E-state index contributed by atoms with van der Waals surface area (Å²) in [5.41, 5.74) is 3.92. The average molecular weight is 382 g/mol. The lowest BCUT2D eigenvalue weighted by Crippen LogP contribution is -2.02. The Morgan fingerprint density at radius 3 is 1.90 bits per heavy atom. The topological polar surface area (TPSA) is 59.1 Å². The largest absolute Gasteiger partial charge is 0.455 e. The second-order valence-electron chi connectivity index (χ2n) is 6.47. The van der Waals surface area contributed by atoms with Crippen LogP contribution in [-0.2, 0) is 13.1 Å². The lowest BCUT2D eigenvalue weighted by atomic mass is 10.2. The maximum absolute atomic E-state index is 6.09. The Bertz CT molecular complexity index is 1020. The number of nitrogens with one attached hydrogen (secondary N) is 2. The molecular weight excluding hydrogens is 360 g/mol. The van der Waals surface area contributed by atoms with Gasteiger partial charge in [-0.05, 0) is 60.7 Å². The quantitative estimate of drug-likeness (QED) is 0.422. The SMILES string of the molecule is c1ccc(CNc2ccc(Oc3ccccc3NCc3ccccn3)cc2)nc1. The minimum Gasteiger partial charge on any atom is -0.455 e. The minimum atomic E-state index is 0.637. The first-order valence-electron chi connectivity index (χ1n) is 9.51. The zero-order valence-electron chi connectivity index (χ0n) is 16.0. The number of hydrogen-bond donors (Lipinski definition) is 2. The van der Waals surface area contributed by atoms with Gasteiger partial charge in [-0.2, -0.15) is 0 Å². The lowest BCUT2D eigenvalue weighted by molar-refractivity contribution is 0.484. The standard InChI is InChI=1S/C24H22N4O/c1-2-10-24(23(9-1)28-18-21-8-4-6-16-26-21)29-22-13-11-19(12-14-22)27-17-20-7-3-5-15-25-20/h1-16,27-28H,17-18H2. The predicted molar refractivity (Wildman–Crippen MR) is 116 cm³/mol. The van der Waals surface area contributed by atoms with Gasteiger partial charge >= 0.3 is 0 Å². The number of aromatic nitrogens is 2. The van der Waals surface area contributed by atoms with E-state index < -0.39 is 0 Å². The van der Waals surface area contributed by atoms with E-state index in [-0.39, 0.29) is 0 Å². The molecule has 0 unspecified atom stereocenters. The molecule has 0 aliphatic heterocycles. The number of rotatable bonds is 8. The minimum absolute atomic E-state index is 0.637. The van der Waals surface area contributed by atoms with Crippen LogP contribution in [0.4, 0.5) is 11.4 Å². The smallest absolute Gasteiger partial charge is 0.150 e. The molecule has 0 spiro atoms. The second kappa shape index (κ2) is 9.37. The van der Waals surface area contributed by atoms with Crippen molar-refractivity contribution in [1.29, 1.82) is 0 Å². The van der Waals surface area contributed by atoms with Crippen LogP contribution in [0.5, 0.6) is 11.5 Å². The van der Waals surface area contributed by atoms with E-state index in [1.807, 2.05) is 84.9 Å². The van der Waals surface area contributed by atoms with Gasteiger partial charge in [-0.15, -0.1) is 0 Å². The monoisotopic (exact) mass is 382 g/mol. The van der Waals surface area contributed by atoms with Crippen molar-refractivity contribution in [3.63, 3.8) is 0 Å². The van der Waals surface area contributed by atoms with E-state index >= 15 is 0 Å². The summed E-state index contributed by atoms with van der Waals surface area (Å²) >= 11 is 0. The summed E-state index contributed by atoms with van der Waals surface area (Å²) in [5.74, 6) is 1.55. The summed E-state index contributed by atoms with van der Waals surface area (Å²) in [6.07, 6.45) is 3.59. The fraction of sp³-hybridized carbons (Fsp3) is 0.0833. The maximum Gasteiger partial charge on any atom is 0.150 e. The van der Waals surface area contributed by atoms with Crippen LogP contribution in [0.1, 0.15) is 11.4 Å². The number of nitrogens with zero attached hydrogens (tertiary/aromatic N) is 2. The number of pyridine rings is 2. The van der Waals surface area contributed by atoms with Gasteiger partial charge in [0, 0.05) is 18.1 Å². The van der Waals surface area contributed by atoms with Gasteiger partial charge in [0.1, 0.15) is 5.75 Å². The number of anilines is 2. The van der Waals surface area contributed by atoms with Crippen LogP contribution in [0.2, 0.25) is 0 Å². The third kappa shape index (κ3) is 5.32. The van der Waals surface area contributed by atoms with Gasteiger partial charge in [0.05, 0.1) is 30.2 Å². The molecule has 0 radical (unpaired) electrons. The number of hydrogen-bond acceptors (Lipinski definition) is 5. The third-order valence-electron chi connectivity index (χ3n) is 4.36. The molecule has 0 atom stereocenters. The molecule has 2 heterocycles. The van der Waals surface area contributed by atoms with E-state index in [0.29, 0.717) is 13.1 Å². The molecule has 5 heteroatoms. The molecular formula is C24H22N4O. The average Bonchev–Trinajstić information content (AvgIpc) is 2.79. The van der Waals surface area contributed by atoms with Crippen molar-refractivity contribution in [3.05, 3.63) is 109 Å². The Labute approximate surface area is 170 Å². The summed E-state index contributed by atoms with van der Waals surface area (Å²) in [4.78, 5) is 8.66. The highest BCUT2D eigenvalue weighted by Gasteiger charge is 2.05. The molecule has 0 saturated heterocycles. The summed E-state index contributed by atoms with van der Waals surface area (Å²) < 4.78 is 6.09. The van der Waals surface area contributed by atoms with E-state index in [9.17, 15) is 0 Å². The van der Waals surface area contributed by atoms with Crippen LogP contribution in [0.25, 0.3) is 0 Å². The highest BCUT2D eigenvalue weighted by Crippen LogP contribution is 2.30. The predicted octanol–water partition coefficient (Wildman–Crippen LogP) is 5.49. The molecule has 2 N–H and O–H groups in total. The second-order valence-corrected chi connectivity index (χ2v) is 6.47. The zero-order valence-corrected chi connectivity index (χ0v) is 16.0. The van der Waals surface area contributed by atoms with Gasteiger partial charge in [-0.25, -0.2) is 0 Å². The maximum atomic E-state index is 6.09. The van der Waals surface area contributed by atoms with Crippen LogP contribution >= 0.6 is 0 Å². The van der Waals surface area contributed by atoms with Crippen LogP contribution < -0.4 is 15.4 Å². The summed E-state index contributed by atoms with van der Waals surface area (Å²) in [5, 5.41) is 6.76. The van der Waals surface area contributed by atoms with E-state index in [1.54, 1.807) is 12.4 Å². The molecule has 2 aromatic heterocycles. The van der Waals surface area contributed by atoms with Crippen LogP contribution in [0, 0.1) is 0 Å². The Balaban J connectivity index is 1.37. The normalized spacial score (nSPS) is 10.3. The summed E-state index contributed by atoms with van der Waals surface area (Å²) in [6, 6.07) is 27.6. The molecule has 5 nitrogen and oxygen atoms in total. The van der Waals surface area contributed by atoms with Gasteiger partial charge in [0.25, 0.3) is 0 Å². The van der Waals surface area contributed by atoms with Crippen molar-refractivity contribution in [2.45, 2.75) is 13.1 Å². The highest BCUT2D eigenvalue weighted by atomic mass is 16.5. The molecule has 2 aromatic carbocycles. The fourth-order valence-electron chi connectivity index (χ4n) is 2.85. The lowest BCUT2D eigenvalue weighted by Gasteiger charge is -2.13. The molecule has 0 bridgehead atoms. The van der Waals surface area contributed by atoms with E-state index in [4.69, 9.17) is 4.74 Å². The highest BCUT2D eigenvalue weighted by molar-refractivity contribution is 5.58. The molecule has 4 rings (SSSR count). The summed E-state index contributed by atoms with van der Waals surface area (Å²) in [6.45, 7) is 1.32. The van der Waals surface area contributed by atoms with Crippen molar-refractivity contribution in [2.75, 3.05) is 10.6 Å². The Kier molecular flexibility index (Phi) is 5.98.